The van der Waals surface area contributed by atoms with Gasteiger partial charge in [0.1, 0.15) is 0 Å². The van der Waals surface area contributed by atoms with E-state index in [2.05, 4.69) is 5.32 Å². The fourth-order valence-electron chi connectivity index (χ4n) is 2.50. The molecule has 0 atom stereocenters. The quantitative estimate of drug-likeness (QED) is 0.797. The summed E-state index contributed by atoms with van der Waals surface area (Å²) in [4.78, 5) is 10.3. The van der Waals surface area contributed by atoms with Gasteiger partial charge in [0, 0.05) is 20.1 Å². The molecular weight excluding hydrogens is 214 g/mol. The molecule has 17 heavy (non-hydrogen) atoms. The molecule has 0 aromatic heterocycles. The number of aliphatic hydroxyl groups excluding tert-OH is 1. The Bertz CT molecular complexity index is 226. The van der Waals surface area contributed by atoms with Crippen LogP contribution in [0.2, 0.25) is 0 Å². The number of amides is 1. The van der Waals surface area contributed by atoms with Crippen molar-refractivity contribution in [2.75, 3.05) is 13.7 Å². The van der Waals surface area contributed by atoms with Crippen LogP contribution >= 0.6 is 0 Å². The molecule has 3 nitrogen and oxygen atoms in total. The summed E-state index contributed by atoms with van der Waals surface area (Å²) in [7, 11) is 1.65. The lowest BCUT2D eigenvalue weighted by Gasteiger charge is -2.26. The predicted molar refractivity (Wildman–Crippen MR) is 69.7 cm³/mol. The molecule has 2 rings (SSSR count). The molecule has 0 aromatic rings. The van der Waals surface area contributed by atoms with Gasteiger partial charge in [-0.25, -0.2) is 0 Å². The van der Waals surface area contributed by atoms with Gasteiger partial charge in [-0.2, -0.15) is 0 Å². The average Bonchev–Trinajstić information content (AvgIpc) is 3.11. The Hall–Kier alpha value is -0.570. The largest absolute Gasteiger partial charge is 0.396 e. The highest BCUT2D eigenvalue weighted by Crippen LogP contribution is 2.56. The van der Waals surface area contributed by atoms with E-state index in [1.54, 1.807) is 7.05 Å². The summed E-state index contributed by atoms with van der Waals surface area (Å²) in [6.07, 6.45) is 9.91. The van der Waals surface area contributed by atoms with Crippen LogP contribution in [0.1, 0.15) is 58.3 Å². The van der Waals surface area contributed by atoms with Crippen molar-refractivity contribution in [3.8, 4) is 0 Å². The maximum Gasteiger partial charge on any atom is 0.219 e. The van der Waals surface area contributed by atoms with E-state index in [1.165, 1.54) is 38.5 Å². The van der Waals surface area contributed by atoms with Crippen molar-refractivity contribution in [3.05, 3.63) is 0 Å². The average molecular weight is 241 g/mol. The first-order chi connectivity index (χ1) is 8.15. The molecule has 2 aliphatic rings. The normalized spacial score (nSPS) is 21.6. The first-order valence-electron chi connectivity index (χ1n) is 6.97. The van der Waals surface area contributed by atoms with Crippen LogP contribution in [0, 0.1) is 11.3 Å². The number of carbonyl (C=O) groups is 1. The van der Waals surface area contributed by atoms with Crippen LogP contribution in [-0.2, 0) is 4.79 Å². The van der Waals surface area contributed by atoms with Crippen molar-refractivity contribution in [1.82, 2.24) is 5.32 Å². The van der Waals surface area contributed by atoms with Gasteiger partial charge in [0.15, 0.2) is 0 Å². The second-order valence-corrected chi connectivity index (χ2v) is 5.55. The number of hydrogen-bond acceptors (Lipinski definition) is 2. The Labute approximate surface area is 105 Å². The molecule has 1 amide bonds. The summed E-state index contributed by atoms with van der Waals surface area (Å²) in [6, 6.07) is 0. The van der Waals surface area contributed by atoms with Crippen molar-refractivity contribution in [2.24, 2.45) is 11.3 Å². The van der Waals surface area contributed by atoms with E-state index in [1.807, 2.05) is 6.92 Å². The number of nitrogens with one attached hydrogen (secondary N) is 1. The summed E-state index contributed by atoms with van der Waals surface area (Å²) in [5, 5.41) is 11.4. The van der Waals surface area contributed by atoms with Crippen molar-refractivity contribution in [2.45, 2.75) is 58.3 Å². The Kier molecular flexibility index (Phi) is 5.96. The fraction of sp³-hybridized carbons (Fsp3) is 0.929. The molecule has 2 saturated carbocycles. The molecule has 100 valence electrons. The second-order valence-electron chi connectivity index (χ2n) is 5.55. The third kappa shape index (κ3) is 5.07. The number of hydrogen-bond donors (Lipinski definition) is 2. The monoisotopic (exact) mass is 241 g/mol. The maximum atomic E-state index is 10.3. The lowest BCUT2D eigenvalue weighted by atomic mass is 9.80. The minimum Gasteiger partial charge on any atom is -0.396 e. The summed E-state index contributed by atoms with van der Waals surface area (Å²) in [6.45, 7) is 2.41. The Balaban J connectivity index is 0.000000185. The van der Waals surface area contributed by atoms with Crippen LogP contribution < -0.4 is 5.32 Å². The van der Waals surface area contributed by atoms with Crippen molar-refractivity contribution in [1.29, 1.82) is 0 Å². The summed E-state index contributed by atoms with van der Waals surface area (Å²) in [5.74, 6) is 0.772. The Morgan fingerprint density at radius 2 is 1.88 bits per heavy atom. The molecule has 0 saturated heterocycles. The van der Waals surface area contributed by atoms with Gasteiger partial charge in [-0.3, -0.25) is 4.79 Å². The SMILES string of the molecule is CCCC(=O)NC.OCC1CCC2(CC1)CC2. The molecule has 0 aromatic carbocycles. The Morgan fingerprint density at radius 1 is 1.29 bits per heavy atom. The van der Waals surface area contributed by atoms with Crippen molar-refractivity contribution in [3.63, 3.8) is 0 Å². The highest BCUT2D eigenvalue weighted by Gasteiger charge is 2.44. The summed E-state index contributed by atoms with van der Waals surface area (Å²) >= 11 is 0. The third-order valence-electron chi connectivity index (χ3n) is 4.14. The number of aliphatic hydroxyl groups is 1. The zero-order chi connectivity index (χ0) is 12.7. The van der Waals surface area contributed by atoms with E-state index in [0.717, 1.165) is 11.8 Å². The minimum absolute atomic E-state index is 0.127. The fourth-order valence-corrected chi connectivity index (χ4v) is 2.50. The van der Waals surface area contributed by atoms with Crippen LogP contribution in [0.3, 0.4) is 0 Å². The molecule has 0 aliphatic heterocycles. The van der Waals surface area contributed by atoms with Gasteiger partial charge in [0.05, 0.1) is 0 Å². The highest BCUT2D eigenvalue weighted by atomic mass is 16.3. The molecular formula is C14H27NO2. The van der Waals surface area contributed by atoms with Gasteiger partial charge in [-0.1, -0.05) is 6.92 Å². The van der Waals surface area contributed by atoms with Gasteiger partial charge in [0.2, 0.25) is 5.91 Å². The van der Waals surface area contributed by atoms with Gasteiger partial charge in [-0.05, 0) is 56.3 Å². The molecule has 2 N–H and O–H groups in total. The smallest absolute Gasteiger partial charge is 0.219 e. The second kappa shape index (κ2) is 7.00. The van der Waals surface area contributed by atoms with E-state index in [9.17, 15) is 4.79 Å². The van der Waals surface area contributed by atoms with Crippen LogP contribution in [0.4, 0.5) is 0 Å². The van der Waals surface area contributed by atoms with E-state index in [4.69, 9.17) is 5.11 Å². The van der Waals surface area contributed by atoms with Crippen LogP contribution in [0.15, 0.2) is 0 Å². The van der Waals surface area contributed by atoms with Gasteiger partial charge >= 0.3 is 0 Å². The molecule has 0 unspecified atom stereocenters. The predicted octanol–water partition coefficient (Wildman–Crippen LogP) is 2.48. The molecule has 0 bridgehead atoms. The third-order valence-corrected chi connectivity index (χ3v) is 4.14. The molecule has 0 radical (unpaired) electrons. The highest BCUT2D eigenvalue weighted by molar-refractivity contribution is 5.75. The Morgan fingerprint density at radius 3 is 2.18 bits per heavy atom. The standard InChI is InChI=1S/C9H16O.C5H11NO/c10-7-8-1-3-9(4-2-8)5-6-9;1-3-4-5(7)6-2/h8,10H,1-7H2;3-4H2,1-2H3,(H,6,7). The molecule has 2 aliphatic carbocycles. The lowest BCUT2D eigenvalue weighted by molar-refractivity contribution is -0.120. The lowest BCUT2D eigenvalue weighted by Crippen LogP contribution is -2.17. The van der Waals surface area contributed by atoms with E-state index in [-0.39, 0.29) is 5.91 Å². The molecule has 1 spiro atoms. The maximum absolute atomic E-state index is 10.3. The zero-order valence-corrected chi connectivity index (χ0v) is 11.3. The van der Waals surface area contributed by atoms with Crippen molar-refractivity contribution >= 4 is 5.91 Å². The molecule has 2 fully saturated rings. The zero-order valence-electron chi connectivity index (χ0n) is 11.3. The van der Waals surface area contributed by atoms with Crippen LogP contribution in [-0.4, -0.2) is 24.7 Å². The van der Waals surface area contributed by atoms with E-state index >= 15 is 0 Å². The first kappa shape index (κ1) is 14.5. The molecule has 0 heterocycles. The van der Waals surface area contributed by atoms with E-state index in [0.29, 0.717) is 18.9 Å². The summed E-state index contributed by atoms with van der Waals surface area (Å²) in [5.41, 5.74) is 0.797. The van der Waals surface area contributed by atoms with Crippen molar-refractivity contribution < 1.29 is 9.90 Å². The van der Waals surface area contributed by atoms with Gasteiger partial charge in [-0.15, -0.1) is 0 Å². The minimum atomic E-state index is 0.127. The topological polar surface area (TPSA) is 49.3 Å². The van der Waals surface area contributed by atoms with Gasteiger partial charge in [0.25, 0.3) is 0 Å². The van der Waals surface area contributed by atoms with Gasteiger partial charge < -0.3 is 10.4 Å². The van der Waals surface area contributed by atoms with Crippen LogP contribution in [0.25, 0.3) is 0 Å². The number of rotatable bonds is 3. The van der Waals surface area contributed by atoms with E-state index < -0.39 is 0 Å². The molecule has 3 heteroatoms. The summed E-state index contributed by atoms with van der Waals surface area (Å²) < 4.78 is 0. The first-order valence-corrected chi connectivity index (χ1v) is 6.97. The van der Waals surface area contributed by atoms with Crippen LogP contribution in [0.5, 0.6) is 0 Å². The number of carbonyl (C=O) groups excluding carboxylic acids is 1.